The fraction of sp³-hybridized carbons (Fsp3) is 0.900. The highest BCUT2D eigenvalue weighted by Crippen LogP contribution is 2.81. The Bertz CT molecular complexity index is 300. The summed E-state index contributed by atoms with van der Waals surface area (Å²) >= 11 is 3.65. The van der Waals surface area contributed by atoms with E-state index >= 15 is 0 Å². The molecule has 0 unspecified atom stereocenters. The molecule has 0 aromatic carbocycles. The molecule has 0 spiro atoms. The highest BCUT2D eigenvalue weighted by molar-refractivity contribution is 9.10. The standard InChI is InChI=1S/C10H13BrO/c1-8-4-3-6-9(8,2)5-10(6,11)7(8)12/h6H,3-5H2,1-2H3/t6-,8+,9-,10-/m0/s1. The second-order valence-corrected chi connectivity index (χ2v) is 6.62. The van der Waals surface area contributed by atoms with Gasteiger partial charge in [0.05, 0.1) is 4.32 Å². The minimum absolute atomic E-state index is 0.0150. The molecule has 4 bridgehead atoms. The summed E-state index contributed by atoms with van der Waals surface area (Å²) in [6.45, 7) is 4.47. The van der Waals surface area contributed by atoms with Crippen molar-refractivity contribution >= 4 is 21.7 Å². The minimum atomic E-state index is -0.0885. The molecule has 12 heavy (non-hydrogen) atoms. The van der Waals surface area contributed by atoms with Crippen LogP contribution in [0.15, 0.2) is 0 Å². The van der Waals surface area contributed by atoms with Crippen molar-refractivity contribution in [3.63, 3.8) is 0 Å². The molecule has 4 saturated carbocycles. The van der Waals surface area contributed by atoms with Crippen LogP contribution in [0.2, 0.25) is 0 Å². The van der Waals surface area contributed by atoms with Crippen LogP contribution in [0, 0.1) is 16.7 Å². The van der Waals surface area contributed by atoms with Crippen molar-refractivity contribution in [2.24, 2.45) is 16.7 Å². The fourth-order valence-corrected chi connectivity index (χ4v) is 5.82. The predicted molar refractivity (Wildman–Crippen MR) is 50.2 cm³/mol. The van der Waals surface area contributed by atoms with Gasteiger partial charge in [-0.25, -0.2) is 0 Å². The minimum Gasteiger partial charge on any atom is -0.297 e. The van der Waals surface area contributed by atoms with Crippen LogP contribution in [-0.4, -0.2) is 10.1 Å². The Hall–Kier alpha value is 0.150. The highest BCUT2D eigenvalue weighted by atomic mass is 79.9. The zero-order valence-corrected chi connectivity index (χ0v) is 9.07. The molecule has 0 aromatic rings. The summed E-state index contributed by atoms with van der Waals surface area (Å²) in [6.07, 6.45) is 3.46. The molecular weight excluding hydrogens is 216 g/mol. The molecule has 0 aliphatic heterocycles. The van der Waals surface area contributed by atoms with E-state index in [1.54, 1.807) is 0 Å². The topological polar surface area (TPSA) is 17.1 Å². The lowest BCUT2D eigenvalue weighted by Crippen LogP contribution is -2.49. The lowest BCUT2D eigenvalue weighted by molar-refractivity contribution is -0.126. The number of halogens is 1. The summed E-state index contributed by atoms with van der Waals surface area (Å²) in [5.74, 6) is 1.14. The summed E-state index contributed by atoms with van der Waals surface area (Å²) in [6, 6.07) is 0. The van der Waals surface area contributed by atoms with Crippen LogP contribution in [0.5, 0.6) is 0 Å². The first-order valence-electron chi connectivity index (χ1n) is 4.69. The van der Waals surface area contributed by atoms with Gasteiger partial charge in [-0.15, -0.1) is 0 Å². The molecule has 4 aliphatic rings. The van der Waals surface area contributed by atoms with Gasteiger partial charge in [-0.3, -0.25) is 4.79 Å². The van der Waals surface area contributed by atoms with E-state index in [1.165, 1.54) is 6.42 Å². The molecule has 0 aromatic heterocycles. The maximum absolute atomic E-state index is 12.0. The van der Waals surface area contributed by atoms with Crippen LogP contribution in [-0.2, 0) is 4.79 Å². The number of hydrogen-bond acceptors (Lipinski definition) is 1. The molecule has 66 valence electrons. The Kier molecular flexibility index (Phi) is 0.980. The molecule has 0 heterocycles. The van der Waals surface area contributed by atoms with Crippen molar-refractivity contribution in [1.29, 1.82) is 0 Å². The molecule has 2 heteroatoms. The summed E-state index contributed by atoms with van der Waals surface area (Å²) in [5.41, 5.74) is 0.356. The van der Waals surface area contributed by atoms with E-state index in [9.17, 15) is 4.79 Å². The summed E-state index contributed by atoms with van der Waals surface area (Å²) in [7, 11) is 0. The smallest absolute Gasteiger partial charge is 0.156 e. The number of carbonyl (C=O) groups is 1. The number of hydrogen-bond donors (Lipinski definition) is 0. The summed E-state index contributed by atoms with van der Waals surface area (Å²) in [5, 5.41) is 0. The molecular formula is C10H13BrO. The fourth-order valence-electron chi connectivity index (χ4n) is 4.07. The highest BCUT2D eigenvalue weighted by Gasteiger charge is 2.82. The second kappa shape index (κ2) is 1.56. The van der Waals surface area contributed by atoms with Crippen molar-refractivity contribution in [3.8, 4) is 0 Å². The van der Waals surface area contributed by atoms with Crippen molar-refractivity contribution in [3.05, 3.63) is 0 Å². The first kappa shape index (κ1) is 7.54. The third kappa shape index (κ3) is 0.417. The van der Waals surface area contributed by atoms with Gasteiger partial charge < -0.3 is 0 Å². The van der Waals surface area contributed by atoms with Crippen LogP contribution in [0.3, 0.4) is 0 Å². The largest absolute Gasteiger partial charge is 0.297 e. The quantitative estimate of drug-likeness (QED) is 0.583. The van der Waals surface area contributed by atoms with Gasteiger partial charge in [-0.2, -0.15) is 0 Å². The zero-order chi connectivity index (χ0) is 8.78. The third-order valence-corrected chi connectivity index (χ3v) is 6.21. The van der Waals surface area contributed by atoms with Crippen molar-refractivity contribution < 1.29 is 4.79 Å². The van der Waals surface area contributed by atoms with Crippen LogP contribution in [0.4, 0.5) is 0 Å². The molecule has 4 rings (SSSR count). The normalized spacial score (nSPS) is 66.9. The van der Waals surface area contributed by atoms with E-state index in [4.69, 9.17) is 0 Å². The van der Waals surface area contributed by atoms with E-state index in [-0.39, 0.29) is 9.74 Å². The number of Topliss-reactive ketones (excluding diaryl/α,β-unsaturated/α-hetero) is 1. The molecule has 0 radical (unpaired) electrons. The van der Waals surface area contributed by atoms with E-state index in [2.05, 4.69) is 29.8 Å². The molecule has 4 atom stereocenters. The predicted octanol–water partition coefficient (Wildman–Crippen LogP) is 2.53. The number of carbonyl (C=O) groups excluding carboxylic acids is 1. The first-order valence-corrected chi connectivity index (χ1v) is 5.48. The second-order valence-electron chi connectivity index (χ2n) is 5.21. The van der Waals surface area contributed by atoms with Crippen molar-refractivity contribution in [2.75, 3.05) is 0 Å². The number of alkyl halides is 1. The van der Waals surface area contributed by atoms with Gasteiger partial charge in [0.2, 0.25) is 0 Å². The SMILES string of the molecule is C[C@@]12C[C@@]3(Br)C(=O)[C@@]1(C)CC[C@H]32. The molecule has 1 nitrogen and oxygen atoms in total. The van der Waals surface area contributed by atoms with Gasteiger partial charge in [0.25, 0.3) is 0 Å². The average Bonchev–Trinajstić information content (AvgIpc) is 2.30. The molecule has 4 aliphatic carbocycles. The van der Waals surface area contributed by atoms with Gasteiger partial charge >= 0.3 is 0 Å². The van der Waals surface area contributed by atoms with Gasteiger partial charge in [0, 0.05) is 5.41 Å². The number of rotatable bonds is 0. The maximum atomic E-state index is 12.0. The zero-order valence-electron chi connectivity index (χ0n) is 7.48. The Morgan fingerprint density at radius 2 is 2.17 bits per heavy atom. The monoisotopic (exact) mass is 228 g/mol. The molecule has 4 fully saturated rings. The third-order valence-electron chi connectivity index (χ3n) is 5.02. The Balaban J connectivity index is 2.24. The molecule has 0 saturated heterocycles. The maximum Gasteiger partial charge on any atom is 0.156 e. The van der Waals surface area contributed by atoms with Gasteiger partial charge in [-0.05, 0) is 30.6 Å². The Labute approximate surface area is 81.0 Å². The number of ketones is 1. The average molecular weight is 229 g/mol. The molecule has 0 N–H and O–H groups in total. The Morgan fingerprint density at radius 1 is 1.50 bits per heavy atom. The van der Waals surface area contributed by atoms with Crippen LogP contribution >= 0.6 is 15.9 Å². The lowest BCUT2D eigenvalue weighted by atomic mass is 9.60. The van der Waals surface area contributed by atoms with E-state index < -0.39 is 0 Å². The van der Waals surface area contributed by atoms with Crippen LogP contribution in [0.25, 0.3) is 0 Å². The van der Waals surface area contributed by atoms with Gasteiger partial charge in [0.1, 0.15) is 0 Å². The first-order chi connectivity index (χ1) is 5.45. The summed E-state index contributed by atoms with van der Waals surface area (Å²) in [4.78, 5) is 12.0. The van der Waals surface area contributed by atoms with Crippen LogP contribution < -0.4 is 0 Å². The van der Waals surface area contributed by atoms with Gasteiger partial charge in [0.15, 0.2) is 5.78 Å². The van der Waals surface area contributed by atoms with Crippen molar-refractivity contribution in [1.82, 2.24) is 0 Å². The van der Waals surface area contributed by atoms with E-state index in [0.717, 1.165) is 12.8 Å². The molecule has 0 amide bonds. The van der Waals surface area contributed by atoms with Gasteiger partial charge in [-0.1, -0.05) is 29.8 Å². The summed E-state index contributed by atoms with van der Waals surface area (Å²) < 4.78 is -0.0885. The lowest BCUT2D eigenvalue weighted by Gasteiger charge is -2.48. The van der Waals surface area contributed by atoms with E-state index in [0.29, 0.717) is 17.1 Å². The van der Waals surface area contributed by atoms with Crippen molar-refractivity contribution in [2.45, 2.75) is 37.4 Å². The van der Waals surface area contributed by atoms with Crippen LogP contribution in [0.1, 0.15) is 33.1 Å². The Morgan fingerprint density at radius 3 is 2.50 bits per heavy atom. The van der Waals surface area contributed by atoms with E-state index in [1.807, 2.05) is 0 Å².